The molecule has 7 heteroatoms. The largest absolute Gasteiger partial charge is 0.433 e. The fourth-order valence-corrected chi connectivity index (χ4v) is 2.68. The number of alkyl halides is 3. The molecule has 2 rings (SSSR count). The molecule has 1 heterocycles. The molecule has 1 aliphatic rings. The molecular formula is C14H21F3N4. The first-order valence-electron chi connectivity index (χ1n) is 7.20. The lowest BCUT2D eigenvalue weighted by molar-refractivity contribution is -0.141. The molecule has 118 valence electrons. The summed E-state index contributed by atoms with van der Waals surface area (Å²) in [6.07, 6.45) is 1.31. The van der Waals surface area contributed by atoms with Crippen molar-refractivity contribution < 1.29 is 13.2 Å². The summed E-state index contributed by atoms with van der Waals surface area (Å²) in [6, 6.07) is 0.965. The number of rotatable bonds is 4. The fourth-order valence-electron chi connectivity index (χ4n) is 2.68. The van der Waals surface area contributed by atoms with Gasteiger partial charge in [0.05, 0.1) is 0 Å². The molecule has 1 aliphatic carbocycles. The molecule has 0 unspecified atom stereocenters. The summed E-state index contributed by atoms with van der Waals surface area (Å²) in [6.45, 7) is 2.80. The highest BCUT2D eigenvalue weighted by molar-refractivity contribution is 5.43. The number of halogens is 3. The molecule has 2 N–H and O–H groups in total. The van der Waals surface area contributed by atoms with E-state index in [-0.39, 0.29) is 17.2 Å². The monoisotopic (exact) mass is 302 g/mol. The molecule has 0 aromatic carbocycles. The van der Waals surface area contributed by atoms with Gasteiger partial charge in [0.1, 0.15) is 5.82 Å². The van der Waals surface area contributed by atoms with Crippen molar-refractivity contribution in [2.45, 2.75) is 45.2 Å². The zero-order valence-electron chi connectivity index (χ0n) is 12.3. The van der Waals surface area contributed by atoms with Crippen molar-refractivity contribution in [1.82, 2.24) is 9.97 Å². The van der Waals surface area contributed by atoms with Crippen LogP contribution >= 0.6 is 0 Å². The number of nitrogens with one attached hydrogen (secondary N) is 2. The van der Waals surface area contributed by atoms with Gasteiger partial charge in [-0.25, -0.2) is 4.98 Å². The summed E-state index contributed by atoms with van der Waals surface area (Å²) in [5, 5.41) is 5.62. The summed E-state index contributed by atoms with van der Waals surface area (Å²) in [5.74, 6) is 0.189. The Balaban J connectivity index is 2.12. The van der Waals surface area contributed by atoms with Gasteiger partial charge in [0, 0.05) is 19.7 Å². The van der Waals surface area contributed by atoms with Crippen LogP contribution < -0.4 is 10.6 Å². The first kappa shape index (κ1) is 15.9. The fraction of sp³-hybridized carbons (Fsp3) is 0.714. The number of aromatic nitrogens is 2. The van der Waals surface area contributed by atoms with E-state index < -0.39 is 11.9 Å². The van der Waals surface area contributed by atoms with Crippen LogP contribution in [0.15, 0.2) is 6.07 Å². The lowest BCUT2D eigenvalue weighted by Crippen LogP contribution is -2.29. The van der Waals surface area contributed by atoms with Gasteiger partial charge in [-0.05, 0) is 18.3 Å². The van der Waals surface area contributed by atoms with Crippen molar-refractivity contribution >= 4 is 11.8 Å². The SMILES string of the molecule is CNc1nc(NCC2(C)CCCCC2)cc(C(F)(F)F)n1. The molecule has 1 aromatic rings. The zero-order valence-corrected chi connectivity index (χ0v) is 12.3. The lowest BCUT2D eigenvalue weighted by Gasteiger charge is -2.33. The van der Waals surface area contributed by atoms with Crippen LogP contribution in [0.2, 0.25) is 0 Å². The summed E-state index contributed by atoms with van der Waals surface area (Å²) in [7, 11) is 1.50. The molecule has 0 atom stereocenters. The van der Waals surface area contributed by atoms with Crippen molar-refractivity contribution in [3.63, 3.8) is 0 Å². The minimum atomic E-state index is -4.47. The number of hydrogen-bond acceptors (Lipinski definition) is 4. The Kier molecular flexibility index (Phi) is 4.58. The minimum absolute atomic E-state index is 0.0267. The van der Waals surface area contributed by atoms with Crippen LogP contribution in [0.1, 0.15) is 44.7 Å². The van der Waals surface area contributed by atoms with Crippen LogP contribution in [0.25, 0.3) is 0 Å². The zero-order chi connectivity index (χ0) is 15.5. The lowest BCUT2D eigenvalue weighted by atomic mass is 9.76. The van der Waals surface area contributed by atoms with E-state index in [4.69, 9.17) is 0 Å². The van der Waals surface area contributed by atoms with Crippen LogP contribution in [-0.4, -0.2) is 23.6 Å². The van der Waals surface area contributed by atoms with Crippen LogP contribution in [0.3, 0.4) is 0 Å². The van der Waals surface area contributed by atoms with Crippen molar-refractivity contribution in [3.05, 3.63) is 11.8 Å². The Morgan fingerprint density at radius 1 is 1.19 bits per heavy atom. The second-order valence-corrected chi connectivity index (χ2v) is 5.93. The first-order chi connectivity index (χ1) is 9.82. The van der Waals surface area contributed by atoms with Gasteiger partial charge in [-0.2, -0.15) is 18.2 Å². The average molecular weight is 302 g/mol. The molecule has 21 heavy (non-hydrogen) atoms. The van der Waals surface area contributed by atoms with Crippen LogP contribution in [0.5, 0.6) is 0 Å². The molecule has 1 saturated carbocycles. The highest BCUT2D eigenvalue weighted by Gasteiger charge is 2.34. The quantitative estimate of drug-likeness (QED) is 0.885. The smallest absolute Gasteiger partial charge is 0.369 e. The van der Waals surface area contributed by atoms with Gasteiger partial charge in [-0.3, -0.25) is 0 Å². The maximum Gasteiger partial charge on any atom is 0.433 e. The Morgan fingerprint density at radius 2 is 1.86 bits per heavy atom. The maximum absolute atomic E-state index is 12.8. The predicted molar refractivity (Wildman–Crippen MR) is 76.3 cm³/mol. The number of hydrogen-bond donors (Lipinski definition) is 2. The summed E-state index contributed by atoms with van der Waals surface area (Å²) < 4.78 is 38.4. The van der Waals surface area contributed by atoms with Crippen molar-refractivity contribution in [1.29, 1.82) is 0 Å². The molecule has 4 nitrogen and oxygen atoms in total. The first-order valence-corrected chi connectivity index (χ1v) is 7.20. The average Bonchev–Trinajstić information content (AvgIpc) is 2.45. The van der Waals surface area contributed by atoms with Gasteiger partial charge in [-0.1, -0.05) is 26.2 Å². The highest BCUT2D eigenvalue weighted by atomic mass is 19.4. The van der Waals surface area contributed by atoms with Crippen molar-refractivity contribution in [3.8, 4) is 0 Å². The van der Waals surface area contributed by atoms with E-state index in [1.165, 1.54) is 26.3 Å². The Bertz CT molecular complexity index is 482. The van der Waals surface area contributed by atoms with E-state index in [0.717, 1.165) is 18.9 Å². The molecule has 0 amide bonds. The Hall–Kier alpha value is -1.53. The third kappa shape index (κ3) is 4.22. The predicted octanol–water partition coefficient (Wildman–Crippen LogP) is 3.92. The molecule has 1 aromatic heterocycles. The summed E-state index contributed by atoms with van der Waals surface area (Å²) in [4.78, 5) is 7.50. The van der Waals surface area contributed by atoms with Gasteiger partial charge in [-0.15, -0.1) is 0 Å². The van der Waals surface area contributed by atoms with E-state index in [9.17, 15) is 13.2 Å². The van der Waals surface area contributed by atoms with Crippen molar-refractivity contribution in [2.24, 2.45) is 5.41 Å². The molecule has 0 bridgehead atoms. The number of nitrogens with zero attached hydrogens (tertiary/aromatic N) is 2. The molecule has 1 fully saturated rings. The molecular weight excluding hydrogens is 281 g/mol. The Labute approximate surface area is 122 Å². The normalized spacial score (nSPS) is 18.3. The standard InChI is InChI=1S/C14H21F3N4/c1-13(6-4-3-5-7-13)9-19-11-8-10(14(15,16)17)20-12(18-2)21-11/h8H,3-7,9H2,1-2H3,(H2,18,19,20,21). The van der Waals surface area contributed by atoms with E-state index in [2.05, 4.69) is 27.5 Å². The van der Waals surface area contributed by atoms with Gasteiger partial charge < -0.3 is 10.6 Å². The van der Waals surface area contributed by atoms with E-state index >= 15 is 0 Å². The van der Waals surface area contributed by atoms with Gasteiger partial charge in [0.2, 0.25) is 5.95 Å². The van der Waals surface area contributed by atoms with Gasteiger partial charge in [0.25, 0.3) is 0 Å². The summed E-state index contributed by atoms with van der Waals surface area (Å²) >= 11 is 0. The van der Waals surface area contributed by atoms with Crippen LogP contribution in [0.4, 0.5) is 24.9 Å². The third-order valence-corrected chi connectivity index (χ3v) is 4.00. The van der Waals surface area contributed by atoms with E-state index in [0.29, 0.717) is 6.54 Å². The molecule has 0 spiro atoms. The Morgan fingerprint density at radius 3 is 2.43 bits per heavy atom. The topological polar surface area (TPSA) is 49.8 Å². The van der Waals surface area contributed by atoms with Crippen molar-refractivity contribution in [2.75, 3.05) is 24.2 Å². The highest BCUT2D eigenvalue weighted by Crippen LogP contribution is 2.36. The van der Waals surface area contributed by atoms with Crippen LogP contribution in [-0.2, 0) is 6.18 Å². The van der Waals surface area contributed by atoms with Gasteiger partial charge in [0.15, 0.2) is 5.69 Å². The van der Waals surface area contributed by atoms with E-state index in [1.54, 1.807) is 0 Å². The van der Waals surface area contributed by atoms with E-state index in [1.807, 2.05) is 0 Å². The van der Waals surface area contributed by atoms with Crippen LogP contribution in [0, 0.1) is 5.41 Å². The second kappa shape index (κ2) is 6.07. The molecule has 0 aliphatic heterocycles. The summed E-state index contributed by atoms with van der Waals surface area (Å²) in [5.41, 5.74) is -0.806. The second-order valence-electron chi connectivity index (χ2n) is 5.93. The van der Waals surface area contributed by atoms with Gasteiger partial charge >= 0.3 is 6.18 Å². The number of anilines is 2. The third-order valence-electron chi connectivity index (χ3n) is 4.00. The molecule has 0 radical (unpaired) electrons. The maximum atomic E-state index is 12.8. The minimum Gasteiger partial charge on any atom is -0.369 e. The molecule has 0 saturated heterocycles.